The van der Waals surface area contributed by atoms with Crippen LogP contribution >= 0.6 is 11.6 Å². The van der Waals surface area contributed by atoms with E-state index in [-0.39, 0.29) is 5.75 Å². The van der Waals surface area contributed by atoms with Gasteiger partial charge in [-0.25, -0.2) is 0 Å². The molecule has 2 bridgehead atoms. The van der Waals surface area contributed by atoms with E-state index in [0.717, 1.165) is 29.4 Å². The maximum atomic E-state index is 10.1. The lowest BCUT2D eigenvalue weighted by atomic mass is 10.00. The van der Waals surface area contributed by atoms with Crippen molar-refractivity contribution in [2.45, 2.75) is 37.8 Å². The fourth-order valence-electron chi connectivity index (χ4n) is 4.59. The van der Waals surface area contributed by atoms with Gasteiger partial charge in [-0.1, -0.05) is 23.7 Å². The zero-order valence-electron chi connectivity index (χ0n) is 16.8. The second-order valence-corrected chi connectivity index (χ2v) is 8.43. The van der Waals surface area contributed by atoms with Crippen LogP contribution in [0.5, 0.6) is 11.8 Å². The van der Waals surface area contributed by atoms with Gasteiger partial charge in [-0.2, -0.15) is 15.0 Å². The lowest BCUT2D eigenvalue weighted by molar-refractivity contribution is 0.373. The largest absolute Gasteiger partial charge is 0.508 e. The summed E-state index contributed by atoms with van der Waals surface area (Å²) in [5.41, 5.74) is 0.969. The molecule has 156 valence electrons. The van der Waals surface area contributed by atoms with E-state index >= 15 is 0 Å². The summed E-state index contributed by atoms with van der Waals surface area (Å²) < 4.78 is 5.35. The van der Waals surface area contributed by atoms with Gasteiger partial charge in [-0.3, -0.25) is 0 Å². The van der Waals surface area contributed by atoms with Crippen molar-refractivity contribution in [1.29, 1.82) is 0 Å². The van der Waals surface area contributed by atoms with Crippen LogP contribution in [0.15, 0.2) is 30.3 Å². The van der Waals surface area contributed by atoms with Gasteiger partial charge in [0.05, 0.1) is 7.11 Å². The Labute approximate surface area is 180 Å². The number of halogens is 1. The van der Waals surface area contributed by atoms with E-state index < -0.39 is 0 Å². The van der Waals surface area contributed by atoms with E-state index in [1.165, 1.54) is 12.8 Å². The Morgan fingerprint density at radius 1 is 1.13 bits per heavy atom. The van der Waals surface area contributed by atoms with Crippen molar-refractivity contribution in [1.82, 2.24) is 20.3 Å². The molecule has 2 fully saturated rings. The van der Waals surface area contributed by atoms with Gasteiger partial charge < -0.3 is 20.1 Å². The molecule has 3 heterocycles. The molecule has 2 aliphatic heterocycles. The monoisotopic (exact) mass is 425 g/mol. The van der Waals surface area contributed by atoms with Gasteiger partial charge in [-0.05, 0) is 48.4 Å². The molecule has 8 heteroatoms. The number of aryl methyl sites for hydroxylation is 2. The van der Waals surface area contributed by atoms with E-state index in [1.54, 1.807) is 19.2 Å². The molecule has 1 aromatic heterocycles. The Morgan fingerprint density at radius 3 is 2.70 bits per heavy atom. The predicted molar refractivity (Wildman–Crippen MR) is 117 cm³/mol. The van der Waals surface area contributed by atoms with E-state index in [1.807, 2.05) is 18.2 Å². The van der Waals surface area contributed by atoms with Gasteiger partial charge in [0.1, 0.15) is 11.6 Å². The summed E-state index contributed by atoms with van der Waals surface area (Å²) in [5, 5.41) is 16.3. The third kappa shape index (κ3) is 3.75. The minimum atomic E-state index is 0.227. The number of anilines is 1. The number of rotatable bonds is 5. The van der Waals surface area contributed by atoms with E-state index in [0.29, 0.717) is 47.7 Å². The fraction of sp³-hybridized carbons (Fsp3) is 0.409. The molecule has 0 spiro atoms. The van der Waals surface area contributed by atoms with Crippen LogP contribution in [-0.4, -0.2) is 52.3 Å². The number of aromatic nitrogens is 3. The van der Waals surface area contributed by atoms with Crippen molar-refractivity contribution < 1.29 is 9.84 Å². The third-order valence-electron chi connectivity index (χ3n) is 5.94. The smallest absolute Gasteiger partial charge is 0.321 e. The number of phenols is 1. The van der Waals surface area contributed by atoms with Gasteiger partial charge in [0.25, 0.3) is 0 Å². The first kappa shape index (κ1) is 19.3. The number of nitrogens with zero attached hydrogens (tertiary/aromatic N) is 4. The van der Waals surface area contributed by atoms with Gasteiger partial charge in [0.15, 0.2) is 0 Å². The van der Waals surface area contributed by atoms with Crippen LogP contribution in [0.3, 0.4) is 0 Å². The molecule has 0 aliphatic carbocycles. The highest BCUT2D eigenvalue weighted by Crippen LogP contribution is 2.31. The molecule has 2 aliphatic rings. The number of hydrogen-bond donors (Lipinski definition) is 2. The van der Waals surface area contributed by atoms with Gasteiger partial charge in [-0.15, -0.1) is 0 Å². The maximum absolute atomic E-state index is 10.1. The van der Waals surface area contributed by atoms with Crippen molar-refractivity contribution in [2.24, 2.45) is 0 Å². The van der Waals surface area contributed by atoms with Crippen LogP contribution in [0.2, 0.25) is 5.02 Å². The number of aromatic hydroxyl groups is 1. The molecule has 5 rings (SSSR count). The summed E-state index contributed by atoms with van der Waals surface area (Å²) in [6, 6.07) is 10.5. The lowest BCUT2D eigenvalue weighted by Crippen LogP contribution is -2.51. The van der Waals surface area contributed by atoms with E-state index in [2.05, 4.69) is 20.2 Å². The first-order chi connectivity index (χ1) is 14.6. The highest BCUT2D eigenvalue weighted by molar-refractivity contribution is 6.35. The molecule has 2 unspecified atom stereocenters. The maximum Gasteiger partial charge on any atom is 0.321 e. The van der Waals surface area contributed by atoms with Crippen molar-refractivity contribution in [3.8, 4) is 11.8 Å². The number of fused-ring (bicyclic) bond motifs is 3. The number of phenolic OH excluding ortho intramolecular Hbond substituents is 1. The predicted octanol–water partition coefficient (Wildman–Crippen LogP) is 3.12. The topological polar surface area (TPSA) is 83.4 Å². The van der Waals surface area contributed by atoms with E-state index in [9.17, 15) is 5.11 Å². The molecule has 0 amide bonds. The van der Waals surface area contributed by atoms with Crippen molar-refractivity contribution in [2.75, 3.05) is 25.1 Å². The summed E-state index contributed by atoms with van der Waals surface area (Å²) in [6.45, 7) is 1.80. The standard InChI is InChI=1S/C22H24ClN5O2/c1-30-22-26-19(25-21(27-22)28-11-15-6-7-16(12-28)24-15)8-5-14-10-17(29)9-13-3-2-4-18(23)20(13)14/h2-4,9-10,15-16,24,29H,5-8,11-12H2,1H3. The number of ether oxygens (including phenoxy) is 1. The highest BCUT2D eigenvalue weighted by Gasteiger charge is 2.33. The van der Waals surface area contributed by atoms with Crippen LogP contribution in [0.4, 0.5) is 5.95 Å². The Morgan fingerprint density at radius 2 is 1.93 bits per heavy atom. The molecule has 7 nitrogen and oxygen atoms in total. The Kier molecular flexibility index (Phi) is 5.08. The summed E-state index contributed by atoms with van der Waals surface area (Å²) >= 11 is 6.45. The zero-order chi connectivity index (χ0) is 20.7. The highest BCUT2D eigenvalue weighted by atomic mass is 35.5. The number of nitrogens with one attached hydrogen (secondary N) is 1. The van der Waals surface area contributed by atoms with Crippen molar-refractivity contribution >= 4 is 28.3 Å². The lowest BCUT2D eigenvalue weighted by Gasteiger charge is -2.32. The van der Waals surface area contributed by atoms with Crippen molar-refractivity contribution in [3.05, 3.63) is 46.7 Å². The molecular formula is C22H24ClN5O2. The molecule has 0 saturated carbocycles. The second kappa shape index (κ2) is 7.89. The van der Waals surface area contributed by atoms with Crippen LogP contribution in [0, 0.1) is 0 Å². The van der Waals surface area contributed by atoms with Crippen LogP contribution in [-0.2, 0) is 12.8 Å². The minimum absolute atomic E-state index is 0.227. The Hall–Kier alpha value is -2.64. The fourth-order valence-corrected chi connectivity index (χ4v) is 4.89. The summed E-state index contributed by atoms with van der Waals surface area (Å²) in [4.78, 5) is 15.9. The van der Waals surface area contributed by atoms with Crippen molar-refractivity contribution in [3.63, 3.8) is 0 Å². The van der Waals surface area contributed by atoms with Gasteiger partial charge in [0, 0.05) is 42.0 Å². The van der Waals surface area contributed by atoms with Crippen LogP contribution < -0.4 is 15.0 Å². The first-order valence-electron chi connectivity index (χ1n) is 10.3. The normalized spacial score (nSPS) is 20.7. The second-order valence-electron chi connectivity index (χ2n) is 8.02. The third-order valence-corrected chi connectivity index (χ3v) is 6.26. The number of hydrogen-bond acceptors (Lipinski definition) is 7. The molecule has 3 aromatic rings. The molecule has 2 atom stereocenters. The quantitative estimate of drug-likeness (QED) is 0.649. The summed E-state index contributed by atoms with van der Waals surface area (Å²) in [5.74, 6) is 1.57. The number of methoxy groups -OCH3 is 1. The molecule has 0 radical (unpaired) electrons. The average molecular weight is 426 g/mol. The average Bonchev–Trinajstić information content (AvgIpc) is 3.09. The molecule has 2 N–H and O–H groups in total. The molecule has 30 heavy (non-hydrogen) atoms. The van der Waals surface area contributed by atoms with Crippen LogP contribution in [0.1, 0.15) is 24.2 Å². The SMILES string of the molecule is COc1nc(CCc2cc(O)cc3cccc(Cl)c23)nc(N2CC3CCC(C2)N3)n1. The number of benzene rings is 2. The van der Waals surface area contributed by atoms with Gasteiger partial charge in [0.2, 0.25) is 5.95 Å². The summed E-state index contributed by atoms with van der Waals surface area (Å²) in [7, 11) is 1.58. The summed E-state index contributed by atoms with van der Waals surface area (Å²) in [6.07, 6.45) is 3.63. The molecule has 2 saturated heterocycles. The van der Waals surface area contributed by atoms with Gasteiger partial charge >= 0.3 is 6.01 Å². The van der Waals surface area contributed by atoms with Crippen LogP contribution in [0.25, 0.3) is 10.8 Å². The molecule has 2 aromatic carbocycles. The first-order valence-corrected chi connectivity index (χ1v) is 10.7. The number of piperazine rings is 1. The minimum Gasteiger partial charge on any atom is -0.508 e. The Balaban J connectivity index is 1.42. The van der Waals surface area contributed by atoms with E-state index in [4.69, 9.17) is 21.3 Å². The molecular weight excluding hydrogens is 402 g/mol. The Bertz CT molecular complexity index is 1080. The zero-order valence-corrected chi connectivity index (χ0v) is 17.6.